The van der Waals surface area contributed by atoms with E-state index in [9.17, 15) is 4.79 Å². The SMILES string of the molecule is CC(=O)c1sc(Nc2cnco2)nc1N. The third-order valence-electron chi connectivity index (χ3n) is 1.64. The molecule has 2 heterocycles. The van der Waals surface area contributed by atoms with Crippen LogP contribution >= 0.6 is 11.3 Å². The molecule has 78 valence electrons. The molecule has 0 amide bonds. The second kappa shape index (κ2) is 3.70. The van der Waals surface area contributed by atoms with Gasteiger partial charge < -0.3 is 15.5 Å². The van der Waals surface area contributed by atoms with Gasteiger partial charge in [0.1, 0.15) is 10.7 Å². The van der Waals surface area contributed by atoms with Crippen molar-refractivity contribution in [3.63, 3.8) is 0 Å². The third-order valence-corrected chi connectivity index (χ3v) is 2.72. The van der Waals surface area contributed by atoms with Crippen LogP contribution in [-0.2, 0) is 0 Å². The van der Waals surface area contributed by atoms with Gasteiger partial charge in [0.15, 0.2) is 17.3 Å². The molecule has 0 aliphatic heterocycles. The fraction of sp³-hybridized carbons (Fsp3) is 0.125. The molecule has 0 bridgehead atoms. The highest BCUT2D eigenvalue weighted by molar-refractivity contribution is 7.18. The Balaban J connectivity index is 2.23. The summed E-state index contributed by atoms with van der Waals surface area (Å²) < 4.78 is 4.97. The van der Waals surface area contributed by atoms with Crippen molar-refractivity contribution >= 4 is 34.0 Å². The topological polar surface area (TPSA) is 94.0 Å². The Morgan fingerprint density at radius 1 is 1.67 bits per heavy atom. The molecule has 0 aromatic carbocycles. The van der Waals surface area contributed by atoms with E-state index in [1.54, 1.807) is 0 Å². The molecule has 0 saturated heterocycles. The van der Waals surface area contributed by atoms with Crippen molar-refractivity contribution in [3.8, 4) is 0 Å². The lowest BCUT2D eigenvalue weighted by Gasteiger charge is -1.93. The monoisotopic (exact) mass is 224 g/mol. The molecule has 0 atom stereocenters. The predicted octanol–water partition coefficient (Wildman–Crippen LogP) is 1.66. The largest absolute Gasteiger partial charge is 0.428 e. The van der Waals surface area contributed by atoms with Crippen LogP contribution in [0.4, 0.5) is 16.8 Å². The van der Waals surface area contributed by atoms with Gasteiger partial charge in [0, 0.05) is 6.92 Å². The Bertz CT molecular complexity index is 477. The first-order chi connectivity index (χ1) is 7.16. The average Bonchev–Trinajstić information content (AvgIpc) is 2.75. The fourth-order valence-electron chi connectivity index (χ4n) is 1.02. The maximum Gasteiger partial charge on any atom is 0.219 e. The summed E-state index contributed by atoms with van der Waals surface area (Å²) in [5.41, 5.74) is 5.56. The van der Waals surface area contributed by atoms with Crippen LogP contribution < -0.4 is 11.1 Å². The Kier molecular flexibility index (Phi) is 2.38. The van der Waals surface area contributed by atoms with E-state index in [1.165, 1.54) is 30.9 Å². The van der Waals surface area contributed by atoms with Gasteiger partial charge in [-0.15, -0.1) is 0 Å². The normalized spacial score (nSPS) is 10.2. The molecule has 0 unspecified atom stereocenters. The van der Waals surface area contributed by atoms with E-state index < -0.39 is 0 Å². The highest BCUT2D eigenvalue weighted by atomic mass is 32.1. The van der Waals surface area contributed by atoms with Crippen molar-refractivity contribution in [2.75, 3.05) is 11.1 Å². The van der Waals surface area contributed by atoms with Crippen molar-refractivity contribution in [2.45, 2.75) is 6.92 Å². The summed E-state index contributed by atoms with van der Waals surface area (Å²) in [6, 6.07) is 0. The Hall–Kier alpha value is -1.89. The number of carbonyl (C=O) groups excluding carboxylic acids is 1. The maximum atomic E-state index is 11.1. The molecule has 0 aliphatic rings. The molecule has 0 spiro atoms. The highest BCUT2D eigenvalue weighted by Crippen LogP contribution is 2.27. The summed E-state index contributed by atoms with van der Waals surface area (Å²) in [7, 11) is 0. The van der Waals surface area contributed by atoms with Crippen molar-refractivity contribution in [2.24, 2.45) is 0 Å². The lowest BCUT2D eigenvalue weighted by Crippen LogP contribution is -1.95. The number of thiazole rings is 1. The van der Waals surface area contributed by atoms with E-state index in [0.29, 0.717) is 15.9 Å². The zero-order valence-corrected chi connectivity index (χ0v) is 8.67. The molecule has 6 nitrogen and oxygen atoms in total. The van der Waals surface area contributed by atoms with Crippen LogP contribution in [-0.4, -0.2) is 15.8 Å². The smallest absolute Gasteiger partial charge is 0.219 e. The second-order valence-electron chi connectivity index (χ2n) is 2.78. The van der Waals surface area contributed by atoms with Gasteiger partial charge in [-0.05, 0) is 0 Å². The number of nitrogens with one attached hydrogen (secondary N) is 1. The quantitative estimate of drug-likeness (QED) is 0.770. The van der Waals surface area contributed by atoms with E-state index in [0.717, 1.165) is 0 Å². The van der Waals surface area contributed by atoms with Crippen LogP contribution in [0.2, 0.25) is 0 Å². The summed E-state index contributed by atoms with van der Waals surface area (Å²) >= 11 is 1.18. The van der Waals surface area contributed by atoms with Gasteiger partial charge in [0.05, 0.1) is 6.20 Å². The second-order valence-corrected chi connectivity index (χ2v) is 3.78. The average molecular weight is 224 g/mol. The van der Waals surface area contributed by atoms with Gasteiger partial charge >= 0.3 is 0 Å². The van der Waals surface area contributed by atoms with Crippen LogP contribution in [0, 0.1) is 0 Å². The minimum absolute atomic E-state index is 0.101. The number of aromatic nitrogens is 2. The molecule has 0 aliphatic carbocycles. The molecule has 3 N–H and O–H groups in total. The number of rotatable bonds is 3. The summed E-state index contributed by atoms with van der Waals surface area (Å²) in [5.74, 6) is 0.587. The molecule has 0 radical (unpaired) electrons. The van der Waals surface area contributed by atoms with Crippen LogP contribution in [0.1, 0.15) is 16.6 Å². The number of nitrogens with two attached hydrogens (primary N) is 1. The number of nitrogen functional groups attached to an aromatic ring is 1. The van der Waals surface area contributed by atoms with Gasteiger partial charge in [-0.1, -0.05) is 11.3 Å². The van der Waals surface area contributed by atoms with Crippen LogP contribution in [0.3, 0.4) is 0 Å². The van der Waals surface area contributed by atoms with Gasteiger partial charge in [-0.3, -0.25) is 4.79 Å². The number of ketones is 1. The maximum absolute atomic E-state index is 11.1. The molecule has 2 aromatic rings. The summed E-state index contributed by atoms with van der Waals surface area (Å²) in [6.07, 6.45) is 2.80. The number of anilines is 3. The lowest BCUT2D eigenvalue weighted by atomic mass is 10.4. The minimum Gasteiger partial charge on any atom is -0.428 e. The molecule has 7 heteroatoms. The van der Waals surface area contributed by atoms with Crippen molar-refractivity contribution in [3.05, 3.63) is 17.5 Å². The van der Waals surface area contributed by atoms with E-state index in [1.807, 2.05) is 0 Å². The standard InChI is InChI=1S/C8H8N4O2S/c1-4(13)6-7(9)12-8(15-6)11-5-2-10-3-14-5/h2-3H,9H2,1H3,(H,11,12). The molecule has 2 aromatic heterocycles. The van der Waals surface area contributed by atoms with Crippen molar-refractivity contribution < 1.29 is 9.21 Å². The number of oxazole rings is 1. The highest BCUT2D eigenvalue weighted by Gasteiger charge is 2.12. The molecule has 2 rings (SSSR count). The first-order valence-corrected chi connectivity index (χ1v) is 4.91. The Labute approximate surface area is 89.1 Å². The van der Waals surface area contributed by atoms with Gasteiger partial charge in [-0.25, -0.2) is 9.97 Å². The Morgan fingerprint density at radius 3 is 3.00 bits per heavy atom. The van der Waals surface area contributed by atoms with E-state index in [4.69, 9.17) is 10.2 Å². The van der Waals surface area contributed by atoms with E-state index in [-0.39, 0.29) is 11.6 Å². The number of carbonyl (C=O) groups is 1. The summed E-state index contributed by atoms with van der Waals surface area (Å²) in [6.45, 7) is 1.45. The third kappa shape index (κ3) is 1.96. The minimum atomic E-state index is -0.101. The predicted molar refractivity (Wildman–Crippen MR) is 56.3 cm³/mol. The first kappa shape index (κ1) is 9.66. The van der Waals surface area contributed by atoms with E-state index in [2.05, 4.69) is 15.3 Å². The summed E-state index contributed by atoms with van der Waals surface area (Å²) in [5, 5.41) is 3.35. The van der Waals surface area contributed by atoms with Crippen molar-refractivity contribution in [1.82, 2.24) is 9.97 Å². The molecule has 0 saturated carbocycles. The van der Waals surface area contributed by atoms with Crippen LogP contribution in [0.25, 0.3) is 0 Å². The number of hydrogen-bond donors (Lipinski definition) is 2. The molecular formula is C8H8N4O2S. The first-order valence-electron chi connectivity index (χ1n) is 4.09. The Morgan fingerprint density at radius 2 is 2.47 bits per heavy atom. The number of nitrogens with zero attached hydrogens (tertiary/aromatic N) is 2. The number of Topliss-reactive ketones (excluding diaryl/α,β-unsaturated/α-hetero) is 1. The van der Waals surface area contributed by atoms with Crippen molar-refractivity contribution in [1.29, 1.82) is 0 Å². The molecule has 15 heavy (non-hydrogen) atoms. The van der Waals surface area contributed by atoms with Crippen LogP contribution in [0.15, 0.2) is 17.0 Å². The fourth-order valence-corrected chi connectivity index (χ4v) is 1.80. The molecular weight excluding hydrogens is 216 g/mol. The summed E-state index contributed by atoms with van der Waals surface area (Å²) in [4.78, 5) is 19.3. The zero-order valence-electron chi connectivity index (χ0n) is 7.85. The zero-order chi connectivity index (χ0) is 10.8. The van der Waals surface area contributed by atoms with Gasteiger partial charge in [0.25, 0.3) is 0 Å². The molecule has 0 fully saturated rings. The van der Waals surface area contributed by atoms with Gasteiger partial charge in [0.2, 0.25) is 5.88 Å². The van der Waals surface area contributed by atoms with Crippen LogP contribution in [0.5, 0.6) is 0 Å². The van der Waals surface area contributed by atoms with Gasteiger partial charge in [-0.2, -0.15) is 0 Å². The van der Waals surface area contributed by atoms with E-state index >= 15 is 0 Å². The lowest BCUT2D eigenvalue weighted by molar-refractivity contribution is 0.102. The number of hydrogen-bond acceptors (Lipinski definition) is 7.